The third-order valence-corrected chi connectivity index (χ3v) is 4.33. The number of rotatable bonds is 3. The molecule has 1 aliphatic rings. The number of sulfone groups is 1. The molecule has 1 aliphatic heterocycles. The zero-order valence-electron chi connectivity index (χ0n) is 11.5. The normalized spacial score (nSPS) is 15.9. The average molecular weight is 309 g/mol. The summed E-state index contributed by atoms with van der Waals surface area (Å²) in [7, 11) is -3.51. The van der Waals surface area contributed by atoms with Crippen molar-refractivity contribution in [2.75, 3.05) is 12.8 Å². The van der Waals surface area contributed by atoms with Gasteiger partial charge in [-0.1, -0.05) is 0 Å². The maximum absolute atomic E-state index is 12.1. The number of hydrogen-bond donors (Lipinski definition) is 2. The van der Waals surface area contributed by atoms with E-state index in [1.54, 1.807) is 6.20 Å². The summed E-state index contributed by atoms with van der Waals surface area (Å²) in [6.45, 7) is 1.86. The number of aromatic nitrogens is 4. The summed E-state index contributed by atoms with van der Waals surface area (Å²) in [5.74, 6) is 0. The van der Waals surface area contributed by atoms with Crippen LogP contribution in [0.1, 0.15) is 16.8 Å². The molecule has 2 N–H and O–H groups in total. The molecule has 0 radical (unpaired) electrons. The first-order valence-corrected chi connectivity index (χ1v) is 8.35. The second kappa shape index (κ2) is 5.08. The topological polar surface area (TPSA) is 112 Å². The Labute approximate surface area is 121 Å². The zero-order chi connectivity index (χ0) is 15.0. The minimum absolute atomic E-state index is 0.255. The largest absolute Gasteiger partial charge is 0.297 e. The van der Waals surface area contributed by atoms with Gasteiger partial charge in [0.1, 0.15) is 0 Å². The average Bonchev–Trinajstić information content (AvgIpc) is 2.91. The van der Waals surface area contributed by atoms with Crippen LogP contribution in [0.5, 0.6) is 0 Å². The maximum Gasteiger partial charge on any atom is 0.256 e. The molecule has 3 heterocycles. The monoisotopic (exact) mass is 309 g/mol. The van der Waals surface area contributed by atoms with Gasteiger partial charge in [-0.2, -0.15) is 5.10 Å². The van der Waals surface area contributed by atoms with Gasteiger partial charge in [0.15, 0.2) is 0 Å². The van der Waals surface area contributed by atoms with E-state index in [0.717, 1.165) is 18.4 Å². The molecule has 8 nitrogen and oxygen atoms in total. The molecular formula is C12H15N5O3S. The minimum Gasteiger partial charge on any atom is -0.297 e. The first kappa shape index (κ1) is 14.0. The fraction of sp³-hybridized carbons (Fsp3) is 0.417. The lowest BCUT2D eigenvalue weighted by Crippen LogP contribution is -2.36. The van der Waals surface area contributed by atoms with Crippen molar-refractivity contribution in [3.63, 3.8) is 0 Å². The lowest BCUT2D eigenvalue weighted by atomic mass is 10.1. The van der Waals surface area contributed by atoms with Gasteiger partial charge in [-0.25, -0.2) is 13.4 Å². The van der Waals surface area contributed by atoms with Crippen LogP contribution < -0.4 is 5.56 Å². The van der Waals surface area contributed by atoms with Gasteiger partial charge >= 0.3 is 0 Å². The summed E-state index contributed by atoms with van der Waals surface area (Å²) in [6.07, 6.45) is 5.14. The molecule has 0 spiro atoms. The van der Waals surface area contributed by atoms with Gasteiger partial charge in [-0.15, -0.1) is 0 Å². The number of hydrogen-bond acceptors (Lipinski definition) is 6. The molecular weight excluding hydrogens is 294 g/mol. The first-order valence-electron chi connectivity index (χ1n) is 6.45. The lowest BCUT2D eigenvalue weighted by Gasteiger charge is -2.27. The van der Waals surface area contributed by atoms with Gasteiger partial charge in [0.25, 0.3) is 5.56 Å². The molecule has 112 valence electrons. The second-order valence-corrected chi connectivity index (χ2v) is 7.07. The molecule has 0 fully saturated rings. The van der Waals surface area contributed by atoms with Crippen molar-refractivity contribution in [1.82, 2.24) is 25.1 Å². The Morgan fingerprint density at radius 1 is 1.43 bits per heavy atom. The Kier molecular flexibility index (Phi) is 3.38. The van der Waals surface area contributed by atoms with Crippen LogP contribution >= 0.6 is 0 Å². The van der Waals surface area contributed by atoms with Crippen LogP contribution in [-0.2, 0) is 29.3 Å². The van der Waals surface area contributed by atoms with Gasteiger partial charge in [0, 0.05) is 44.1 Å². The van der Waals surface area contributed by atoms with Gasteiger partial charge in [0.05, 0.1) is 17.5 Å². The third-order valence-electron chi connectivity index (χ3n) is 3.44. The minimum atomic E-state index is -3.51. The maximum atomic E-state index is 12.1. The fourth-order valence-corrected chi connectivity index (χ4v) is 2.95. The van der Waals surface area contributed by atoms with Crippen LogP contribution in [0, 0.1) is 0 Å². The highest BCUT2D eigenvalue weighted by Gasteiger charge is 2.23. The smallest absolute Gasteiger partial charge is 0.256 e. The summed E-state index contributed by atoms with van der Waals surface area (Å²) >= 11 is 0. The standard InChI is InChI=1S/C12H15N5O3S/c1-21(19,20)12-15-10-2-3-17(6-8-4-13-14-5-8)7-9(10)11(18)16-12/h4-5H,2-3,6-7H2,1H3,(H,13,14)(H,15,16,18). The molecule has 0 unspecified atom stereocenters. The Morgan fingerprint density at radius 2 is 2.24 bits per heavy atom. The van der Waals surface area contributed by atoms with E-state index in [1.807, 2.05) is 6.20 Å². The highest BCUT2D eigenvalue weighted by Crippen LogP contribution is 2.16. The SMILES string of the molecule is CS(=O)(=O)c1nc2c(c(=O)[nH]1)CN(Cc1cn[nH]c1)CC2. The quantitative estimate of drug-likeness (QED) is 0.736. The number of nitrogens with zero attached hydrogens (tertiary/aromatic N) is 3. The number of aromatic amines is 2. The van der Waals surface area contributed by atoms with Crippen LogP contribution in [0.4, 0.5) is 0 Å². The van der Waals surface area contributed by atoms with E-state index in [4.69, 9.17) is 0 Å². The zero-order valence-corrected chi connectivity index (χ0v) is 12.3. The Morgan fingerprint density at radius 3 is 2.90 bits per heavy atom. The van der Waals surface area contributed by atoms with Crippen molar-refractivity contribution in [1.29, 1.82) is 0 Å². The third kappa shape index (κ3) is 2.88. The molecule has 21 heavy (non-hydrogen) atoms. The Bertz CT molecular complexity index is 810. The molecule has 0 aliphatic carbocycles. The van der Waals surface area contributed by atoms with Crippen molar-refractivity contribution in [2.24, 2.45) is 0 Å². The molecule has 3 rings (SSSR count). The molecule has 0 bridgehead atoms. The summed E-state index contributed by atoms with van der Waals surface area (Å²) < 4.78 is 23.0. The van der Waals surface area contributed by atoms with Crippen molar-refractivity contribution < 1.29 is 8.42 Å². The van der Waals surface area contributed by atoms with Crippen LogP contribution in [0.2, 0.25) is 0 Å². The van der Waals surface area contributed by atoms with Gasteiger partial charge in [0.2, 0.25) is 15.0 Å². The van der Waals surface area contributed by atoms with E-state index < -0.39 is 9.84 Å². The van der Waals surface area contributed by atoms with E-state index in [9.17, 15) is 13.2 Å². The number of H-pyrrole nitrogens is 2. The molecule has 0 saturated carbocycles. The van der Waals surface area contributed by atoms with Gasteiger partial charge < -0.3 is 0 Å². The predicted molar refractivity (Wildman–Crippen MR) is 74.4 cm³/mol. The second-order valence-electron chi connectivity index (χ2n) is 5.14. The van der Waals surface area contributed by atoms with Crippen molar-refractivity contribution in [3.05, 3.63) is 39.6 Å². The van der Waals surface area contributed by atoms with Crippen molar-refractivity contribution >= 4 is 9.84 Å². The van der Waals surface area contributed by atoms with Crippen LogP contribution in [-0.4, -0.2) is 46.3 Å². The highest BCUT2D eigenvalue weighted by molar-refractivity contribution is 7.90. The van der Waals surface area contributed by atoms with E-state index in [2.05, 4.69) is 25.1 Å². The molecule has 2 aromatic heterocycles. The summed E-state index contributed by atoms with van der Waals surface area (Å²) in [5.41, 5.74) is 1.77. The van der Waals surface area contributed by atoms with E-state index in [-0.39, 0.29) is 10.7 Å². The van der Waals surface area contributed by atoms with E-state index >= 15 is 0 Å². The highest BCUT2D eigenvalue weighted by atomic mass is 32.2. The Balaban J connectivity index is 1.88. The summed E-state index contributed by atoms with van der Waals surface area (Å²) in [6, 6.07) is 0. The van der Waals surface area contributed by atoms with Crippen LogP contribution in [0.15, 0.2) is 22.3 Å². The molecule has 0 aromatic carbocycles. The van der Waals surface area contributed by atoms with Gasteiger partial charge in [-0.05, 0) is 0 Å². The predicted octanol–water partition coefficient (Wildman–Crippen LogP) is -0.545. The van der Waals surface area contributed by atoms with Crippen molar-refractivity contribution in [3.8, 4) is 0 Å². The molecule has 0 atom stereocenters. The molecule has 2 aromatic rings. The van der Waals surface area contributed by atoms with Crippen LogP contribution in [0.25, 0.3) is 0 Å². The van der Waals surface area contributed by atoms with Gasteiger partial charge in [-0.3, -0.25) is 19.8 Å². The lowest BCUT2D eigenvalue weighted by molar-refractivity contribution is 0.241. The van der Waals surface area contributed by atoms with Crippen LogP contribution in [0.3, 0.4) is 0 Å². The Hall–Kier alpha value is -2.00. The van der Waals surface area contributed by atoms with E-state index in [1.165, 1.54) is 0 Å². The fourth-order valence-electron chi connectivity index (χ4n) is 2.39. The number of nitrogens with one attached hydrogen (secondary N) is 2. The summed E-state index contributed by atoms with van der Waals surface area (Å²) in [4.78, 5) is 20.6. The number of fused-ring (bicyclic) bond motifs is 1. The first-order chi connectivity index (χ1) is 9.93. The summed E-state index contributed by atoms with van der Waals surface area (Å²) in [5, 5.41) is 6.38. The molecule has 0 saturated heterocycles. The van der Waals surface area contributed by atoms with Crippen molar-refractivity contribution in [2.45, 2.75) is 24.7 Å². The van der Waals surface area contributed by atoms with E-state index in [0.29, 0.717) is 30.8 Å². The molecule has 9 heteroatoms. The molecule has 0 amide bonds.